The molecule has 0 spiro atoms. The van der Waals surface area contributed by atoms with Crippen LogP contribution in [0.15, 0.2) is 24.3 Å². The number of rotatable bonds is 1. The molecule has 4 rings (SSSR count). The minimum Gasteiger partial charge on any atom is -0.399 e. The third kappa shape index (κ3) is 1.42. The minimum atomic E-state index is -1.15. The first-order chi connectivity index (χ1) is 7.68. The van der Waals surface area contributed by atoms with Crippen LogP contribution in [0.2, 0.25) is 0 Å². The van der Waals surface area contributed by atoms with Gasteiger partial charge in [0, 0.05) is 18.2 Å². The van der Waals surface area contributed by atoms with Crippen LogP contribution < -0.4 is 5.73 Å². The van der Waals surface area contributed by atoms with Gasteiger partial charge in [-0.25, -0.2) is 4.39 Å². The van der Waals surface area contributed by atoms with E-state index in [1.165, 1.54) is 0 Å². The molecule has 3 heterocycles. The average molecular weight is 220 g/mol. The maximum absolute atomic E-state index is 15.0. The number of alkyl halides is 1. The predicted molar refractivity (Wildman–Crippen MR) is 62.8 cm³/mol. The lowest BCUT2D eigenvalue weighted by molar-refractivity contribution is -0.0588. The molecule has 1 unspecified atom stereocenters. The second-order valence-electron chi connectivity index (χ2n) is 5.03. The van der Waals surface area contributed by atoms with Gasteiger partial charge in [-0.3, -0.25) is 4.90 Å². The van der Waals surface area contributed by atoms with E-state index in [0.717, 1.165) is 31.5 Å². The predicted octanol–water partition coefficient (Wildman–Crippen LogP) is 2.16. The zero-order valence-electron chi connectivity index (χ0n) is 9.32. The molecule has 2 N–H and O–H groups in total. The number of anilines is 1. The summed E-state index contributed by atoms with van der Waals surface area (Å²) in [7, 11) is 0. The van der Waals surface area contributed by atoms with Crippen molar-refractivity contribution in [3.05, 3.63) is 29.8 Å². The van der Waals surface area contributed by atoms with Crippen LogP contribution in [0, 0.1) is 5.92 Å². The fourth-order valence-electron chi connectivity index (χ4n) is 3.09. The van der Waals surface area contributed by atoms with Crippen molar-refractivity contribution in [2.24, 2.45) is 5.92 Å². The van der Waals surface area contributed by atoms with Crippen molar-refractivity contribution in [1.29, 1.82) is 0 Å². The number of benzene rings is 1. The van der Waals surface area contributed by atoms with Gasteiger partial charge in [0.2, 0.25) is 0 Å². The SMILES string of the molecule is Nc1ccc(C2(F)CN3CCC2CC3)cc1. The molecule has 3 aliphatic rings. The summed E-state index contributed by atoms with van der Waals surface area (Å²) in [5.41, 5.74) is 6.00. The first-order valence-corrected chi connectivity index (χ1v) is 5.96. The van der Waals surface area contributed by atoms with Crippen LogP contribution in [0.1, 0.15) is 18.4 Å². The molecule has 2 nitrogen and oxygen atoms in total. The molecular formula is C13H17FN2. The van der Waals surface area contributed by atoms with E-state index in [1.54, 1.807) is 12.1 Å². The Labute approximate surface area is 95.2 Å². The van der Waals surface area contributed by atoms with E-state index in [9.17, 15) is 0 Å². The first-order valence-electron chi connectivity index (χ1n) is 5.96. The quantitative estimate of drug-likeness (QED) is 0.735. The summed E-state index contributed by atoms with van der Waals surface area (Å²) in [5.74, 6) is 0.195. The third-order valence-electron chi connectivity index (χ3n) is 4.08. The molecular weight excluding hydrogens is 203 g/mol. The Kier molecular flexibility index (Phi) is 2.18. The summed E-state index contributed by atoms with van der Waals surface area (Å²) in [6.45, 7) is 2.68. The number of fused-ring (bicyclic) bond motifs is 3. The van der Waals surface area contributed by atoms with Crippen LogP contribution >= 0.6 is 0 Å². The second-order valence-corrected chi connectivity index (χ2v) is 5.03. The van der Waals surface area contributed by atoms with Gasteiger partial charge >= 0.3 is 0 Å². The number of hydrogen-bond donors (Lipinski definition) is 1. The standard InChI is InChI=1S/C13H17FN2/c14-13(10-1-3-12(15)4-2-10)9-16-7-5-11(13)6-8-16/h1-4,11H,5-9,15H2. The molecule has 3 fully saturated rings. The smallest absolute Gasteiger partial charge is 0.151 e. The fraction of sp³-hybridized carbons (Fsp3) is 0.538. The lowest BCUT2D eigenvalue weighted by Gasteiger charge is -2.49. The Morgan fingerprint density at radius 2 is 1.81 bits per heavy atom. The number of nitrogens with two attached hydrogens (primary N) is 1. The summed E-state index contributed by atoms with van der Waals surface area (Å²) < 4.78 is 15.0. The maximum atomic E-state index is 15.0. The van der Waals surface area contributed by atoms with Crippen molar-refractivity contribution in [3.8, 4) is 0 Å². The van der Waals surface area contributed by atoms with Gasteiger partial charge in [0.25, 0.3) is 0 Å². The van der Waals surface area contributed by atoms with Gasteiger partial charge in [0.1, 0.15) is 0 Å². The molecule has 0 amide bonds. The number of hydrogen-bond acceptors (Lipinski definition) is 2. The van der Waals surface area contributed by atoms with Gasteiger partial charge in [-0.2, -0.15) is 0 Å². The third-order valence-corrected chi connectivity index (χ3v) is 4.08. The number of piperidine rings is 3. The second kappa shape index (κ2) is 3.45. The average Bonchev–Trinajstić information content (AvgIpc) is 2.31. The van der Waals surface area contributed by atoms with E-state index in [0.29, 0.717) is 12.2 Å². The Balaban J connectivity index is 1.95. The van der Waals surface area contributed by atoms with Crippen molar-refractivity contribution in [1.82, 2.24) is 4.90 Å². The van der Waals surface area contributed by atoms with Crippen LogP contribution in [0.5, 0.6) is 0 Å². The molecule has 0 aromatic heterocycles. The van der Waals surface area contributed by atoms with E-state index in [4.69, 9.17) is 5.73 Å². The Morgan fingerprint density at radius 3 is 2.31 bits per heavy atom. The van der Waals surface area contributed by atoms with Gasteiger partial charge in [0.05, 0.1) is 0 Å². The maximum Gasteiger partial charge on any atom is 0.151 e. The number of halogens is 1. The molecule has 0 saturated carbocycles. The van der Waals surface area contributed by atoms with Gasteiger partial charge in [-0.05, 0) is 43.6 Å². The Morgan fingerprint density at radius 1 is 1.19 bits per heavy atom. The highest BCUT2D eigenvalue weighted by molar-refractivity contribution is 5.41. The van der Waals surface area contributed by atoms with Gasteiger partial charge in [0.15, 0.2) is 5.67 Å². The van der Waals surface area contributed by atoms with Crippen molar-refractivity contribution >= 4 is 5.69 Å². The van der Waals surface area contributed by atoms with E-state index in [2.05, 4.69) is 4.90 Å². The van der Waals surface area contributed by atoms with Crippen molar-refractivity contribution in [3.63, 3.8) is 0 Å². The molecule has 16 heavy (non-hydrogen) atoms. The summed E-state index contributed by atoms with van der Waals surface area (Å²) in [6.07, 6.45) is 1.97. The summed E-state index contributed by atoms with van der Waals surface area (Å²) in [4.78, 5) is 2.23. The lowest BCUT2D eigenvalue weighted by atomic mass is 9.73. The van der Waals surface area contributed by atoms with Gasteiger partial charge < -0.3 is 5.73 Å². The normalized spacial score (nSPS) is 37.6. The zero-order chi connectivity index (χ0) is 11.2. The number of nitrogen functional groups attached to an aromatic ring is 1. The lowest BCUT2D eigenvalue weighted by Crippen LogP contribution is -2.54. The monoisotopic (exact) mass is 220 g/mol. The zero-order valence-corrected chi connectivity index (χ0v) is 9.32. The summed E-state index contributed by atoms with van der Waals surface area (Å²) >= 11 is 0. The molecule has 1 aromatic carbocycles. The fourth-order valence-corrected chi connectivity index (χ4v) is 3.09. The minimum absolute atomic E-state index is 0.195. The van der Waals surface area contributed by atoms with E-state index < -0.39 is 5.67 Å². The van der Waals surface area contributed by atoms with E-state index >= 15 is 4.39 Å². The van der Waals surface area contributed by atoms with Crippen molar-refractivity contribution in [2.45, 2.75) is 18.5 Å². The van der Waals surface area contributed by atoms with Crippen molar-refractivity contribution in [2.75, 3.05) is 25.4 Å². The highest BCUT2D eigenvalue weighted by Crippen LogP contribution is 2.45. The molecule has 2 bridgehead atoms. The molecule has 86 valence electrons. The largest absolute Gasteiger partial charge is 0.399 e. The van der Waals surface area contributed by atoms with E-state index in [-0.39, 0.29) is 5.92 Å². The molecule has 1 aromatic rings. The Hall–Kier alpha value is -1.09. The molecule has 3 saturated heterocycles. The van der Waals surface area contributed by atoms with Crippen LogP contribution in [0.25, 0.3) is 0 Å². The topological polar surface area (TPSA) is 29.3 Å². The van der Waals surface area contributed by atoms with Crippen LogP contribution in [0.4, 0.5) is 10.1 Å². The van der Waals surface area contributed by atoms with Crippen LogP contribution in [-0.2, 0) is 5.67 Å². The highest BCUT2D eigenvalue weighted by atomic mass is 19.1. The van der Waals surface area contributed by atoms with Crippen molar-refractivity contribution < 1.29 is 4.39 Å². The Bertz CT molecular complexity index is 381. The first kappa shape index (κ1) is 10.1. The number of nitrogens with zero attached hydrogens (tertiary/aromatic N) is 1. The molecule has 3 aliphatic heterocycles. The summed E-state index contributed by atoms with van der Waals surface area (Å²) in [6, 6.07) is 7.29. The molecule has 0 aliphatic carbocycles. The highest BCUT2D eigenvalue weighted by Gasteiger charge is 2.48. The van der Waals surface area contributed by atoms with Crippen LogP contribution in [-0.4, -0.2) is 24.5 Å². The molecule has 1 atom stereocenters. The van der Waals surface area contributed by atoms with Gasteiger partial charge in [-0.15, -0.1) is 0 Å². The molecule has 0 radical (unpaired) electrons. The van der Waals surface area contributed by atoms with Gasteiger partial charge in [-0.1, -0.05) is 12.1 Å². The van der Waals surface area contributed by atoms with E-state index in [1.807, 2.05) is 12.1 Å². The van der Waals surface area contributed by atoms with Crippen LogP contribution in [0.3, 0.4) is 0 Å². The molecule has 3 heteroatoms. The summed E-state index contributed by atoms with van der Waals surface area (Å²) in [5, 5.41) is 0.